The van der Waals surface area contributed by atoms with Crippen LogP contribution in [0, 0.1) is 0 Å². The summed E-state index contributed by atoms with van der Waals surface area (Å²) in [6.45, 7) is 0. The number of hydrogen-bond acceptors (Lipinski definition) is 6. The van der Waals surface area contributed by atoms with Crippen LogP contribution in [0.5, 0.6) is 0 Å². The number of rotatable bonds is 4. The van der Waals surface area contributed by atoms with Gasteiger partial charge in [0.25, 0.3) is 0 Å². The first-order valence-corrected chi connectivity index (χ1v) is 10.7. The molecule has 0 atom stereocenters. The molecule has 29 heavy (non-hydrogen) atoms. The molecule has 1 aliphatic carbocycles. The maximum atomic E-state index is 11.9. The van der Waals surface area contributed by atoms with E-state index in [1.54, 1.807) is 18.2 Å². The predicted octanol–water partition coefficient (Wildman–Crippen LogP) is 3.72. The zero-order valence-electron chi connectivity index (χ0n) is 15.8. The van der Waals surface area contributed by atoms with Crippen LogP contribution in [0.1, 0.15) is 21.5 Å². The molecule has 7 heteroatoms. The van der Waals surface area contributed by atoms with E-state index in [1.807, 2.05) is 36.4 Å². The maximum Gasteiger partial charge on any atom is 0.337 e. The predicted molar refractivity (Wildman–Crippen MR) is 112 cm³/mol. The van der Waals surface area contributed by atoms with Gasteiger partial charge in [0, 0.05) is 17.4 Å². The van der Waals surface area contributed by atoms with Crippen LogP contribution in [0.3, 0.4) is 0 Å². The van der Waals surface area contributed by atoms with Gasteiger partial charge in [0.05, 0.1) is 29.0 Å². The van der Waals surface area contributed by atoms with Crippen LogP contribution in [0.25, 0.3) is 11.1 Å². The number of benzene rings is 3. The van der Waals surface area contributed by atoms with Gasteiger partial charge in [-0.1, -0.05) is 30.3 Å². The van der Waals surface area contributed by atoms with Gasteiger partial charge in [0.1, 0.15) is 0 Å². The van der Waals surface area contributed by atoms with Gasteiger partial charge >= 0.3 is 5.97 Å². The third kappa shape index (κ3) is 3.52. The van der Waals surface area contributed by atoms with Crippen molar-refractivity contribution in [3.8, 4) is 11.1 Å². The number of nitrogens with one attached hydrogen (secondary N) is 1. The molecule has 0 radical (unpaired) electrons. The van der Waals surface area contributed by atoms with Crippen molar-refractivity contribution in [2.75, 3.05) is 18.8 Å². The van der Waals surface area contributed by atoms with Gasteiger partial charge in [0.2, 0.25) is 0 Å². The molecule has 3 aromatic carbocycles. The minimum absolute atomic E-state index is 0.252. The summed E-state index contributed by atoms with van der Waals surface area (Å²) in [6.07, 6.45) is 1.17. The van der Waals surface area contributed by atoms with Crippen molar-refractivity contribution in [3.63, 3.8) is 0 Å². The number of carbonyl (C=O) groups is 1. The minimum Gasteiger partial charge on any atom is -0.465 e. The average Bonchev–Trinajstić information content (AvgIpc) is 3.04. The van der Waals surface area contributed by atoms with Crippen molar-refractivity contribution in [2.45, 2.75) is 4.90 Å². The van der Waals surface area contributed by atoms with Gasteiger partial charge in [-0.2, -0.15) is 5.10 Å². The fourth-order valence-electron chi connectivity index (χ4n) is 3.31. The van der Waals surface area contributed by atoms with E-state index in [-0.39, 0.29) is 10.9 Å². The summed E-state index contributed by atoms with van der Waals surface area (Å²) >= 11 is 0. The summed E-state index contributed by atoms with van der Waals surface area (Å²) in [5.41, 5.74) is 8.64. The lowest BCUT2D eigenvalue weighted by Crippen LogP contribution is -2.04. The molecule has 0 bridgehead atoms. The molecular weight excluding hydrogens is 388 g/mol. The Morgan fingerprint density at radius 1 is 0.897 bits per heavy atom. The summed E-state index contributed by atoms with van der Waals surface area (Å²) in [4.78, 5) is 12.2. The Morgan fingerprint density at radius 2 is 1.55 bits per heavy atom. The largest absolute Gasteiger partial charge is 0.465 e. The van der Waals surface area contributed by atoms with Crippen molar-refractivity contribution in [3.05, 3.63) is 83.4 Å². The second kappa shape index (κ2) is 7.18. The Labute approximate surface area is 168 Å². The van der Waals surface area contributed by atoms with E-state index in [0.717, 1.165) is 28.0 Å². The van der Waals surface area contributed by atoms with Crippen molar-refractivity contribution in [1.29, 1.82) is 0 Å². The Balaban J connectivity index is 1.72. The monoisotopic (exact) mass is 406 g/mol. The lowest BCUT2D eigenvalue weighted by molar-refractivity contribution is 0.0601. The molecule has 6 nitrogen and oxygen atoms in total. The average molecular weight is 406 g/mol. The van der Waals surface area contributed by atoms with Crippen LogP contribution in [-0.2, 0) is 14.6 Å². The van der Waals surface area contributed by atoms with Gasteiger partial charge in [-0.25, -0.2) is 13.2 Å². The number of esters is 1. The second-order valence-corrected chi connectivity index (χ2v) is 8.68. The smallest absolute Gasteiger partial charge is 0.337 e. The summed E-state index contributed by atoms with van der Waals surface area (Å²) in [7, 11) is -1.89. The van der Waals surface area contributed by atoms with E-state index in [4.69, 9.17) is 4.74 Å². The minimum atomic E-state index is -3.24. The highest BCUT2D eigenvalue weighted by molar-refractivity contribution is 7.90. The number of sulfone groups is 1. The first-order valence-electron chi connectivity index (χ1n) is 8.85. The van der Waals surface area contributed by atoms with Crippen LogP contribution in [0.2, 0.25) is 0 Å². The van der Waals surface area contributed by atoms with Crippen LogP contribution >= 0.6 is 0 Å². The number of hydrazone groups is 1. The fraction of sp³-hybridized carbons (Fsp3) is 0.0909. The molecule has 0 heterocycles. The molecular formula is C22H18N2O4S. The first-order chi connectivity index (χ1) is 13.9. The molecule has 146 valence electrons. The highest BCUT2D eigenvalue weighted by Gasteiger charge is 2.26. The third-order valence-corrected chi connectivity index (χ3v) is 5.88. The number of fused-ring (bicyclic) bond motifs is 3. The SMILES string of the molecule is COC(=O)c1ccc2c(c1)-c1ccccc1/C2=N/Nc1ccc(S(C)(=O)=O)cc1. The molecule has 0 amide bonds. The normalized spacial score (nSPS) is 13.7. The van der Waals surface area contributed by atoms with E-state index < -0.39 is 9.84 Å². The lowest BCUT2D eigenvalue weighted by Gasteiger charge is -2.06. The van der Waals surface area contributed by atoms with Crippen LogP contribution < -0.4 is 5.43 Å². The van der Waals surface area contributed by atoms with E-state index in [1.165, 1.54) is 25.5 Å². The van der Waals surface area contributed by atoms with Crippen LogP contribution in [0.15, 0.2) is 76.7 Å². The van der Waals surface area contributed by atoms with E-state index in [9.17, 15) is 13.2 Å². The van der Waals surface area contributed by atoms with E-state index in [0.29, 0.717) is 11.3 Å². The van der Waals surface area contributed by atoms with E-state index >= 15 is 0 Å². The van der Waals surface area contributed by atoms with Crippen molar-refractivity contribution >= 4 is 27.2 Å². The van der Waals surface area contributed by atoms with Gasteiger partial charge < -0.3 is 4.74 Å². The van der Waals surface area contributed by atoms with Crippen LogP contribution in [0.4, 0.5) is 5.69 Å². The number of ether oxygens (including phenoxy) is 1. The van der Waals surface area contributed by atoms with E-state index in [2.05, 4.69) is 10.5 Å². The summed E-state index contributed by atoms with van der Waals surface area (Å²) in [5.74, 6) is -0.389. The number of anilines is 1. The Hall–Kier alpha value is -3.45. The summed E-state index contributed by atoms with van der Waals surface area (Å²) in [6, 6.07) is 19.6. The van der Waals surface area contributed by atoms with Gasteiger partial charge in [-0.05, 0) is 47.5 Å². The fourth-order valence-corrected chi connectivity index (χ4v) is 3.94. The maximum absolute atomic E-state index is 11.9. The quantitative estimate of drug-likeness (QED) is 0.412. The Bertz CT molecular complexity index is 1250. The molecule has 0 saturated carbocycles. The third-order valence-electron chi connectivity index (χ3n) is 4.75. The zero-order valence-corrected chi connectivity index (χ0v) is 16.7. The van der Waals surface area contributed by atoms with Crippen LogP contribution in [-0.4, -0.2) is 33.5 Å². The molecule has 0 saturated heterocycles. The van der Waals surface area contributed by atoms with Gasteiger partial charge in [0.15, 0.2) is 9.84 Å². The van der Waals surface area contributed by atoms with Crippen molar-refractivity contribution < 1.29 is 17.9 Å². The number of nitrogens with zero attached hydrogens (tertiary/aromatic N) is 1. The second-order valence-electron chi connectivity index (χ2n) is 6.67. The number of methoxy groups -OCH3 is 1. The van der Waals surface area contributed by atoms with Gasteiger partial charge in [-0.15, -0.1) is 0 Å². The molecule has 0 aliphatic heterocycles. The first kappa shape index (κ1) is 18.9. The standard InChI is InChI=1S/C22H18N2O4S/c1-28-22(25)14-7-12-19-20(13-14)17-5-3-4-6-18(17)21(19)24-23-15-8-10-16(11-9-15)29(2,26)27/h3-13,23H,1-2H3/b24-21-. The summed E-state index contributed by atoms with van der Waals surface area (Å²) in [5, 5.41) is 4.56. The van der Waals surface area contributed by atoms with Crippen molar-refractivity contribution in [1.82, 2.24) is 0 Å². The van der Waals surface area contributed by atoms with Gasteiger partial charge in [-0.3, -0.25) is 5.43 Å². The lowest BCUT2D eigenvalue weighted by atomic mass is 10.0. The topological polar surface area (TPSA) is 84.8 Å². The van der Waals surface area contributed by atoms with Crippen molar-refractivity contribution in [2.24, 2.45) is 5.10 Å². The molecule has 1 N–H and O–H groups in total. The number of hydrogen-bond donors (Lipinski definition) is 1. The molecule has 0 unspecified atom stereocenters. The molecule has 3 aromatic rings. The highest BCUT2D eigenvalue weighted by Crippen LogP contribution is 2.37. The Morgan fingerprint density at radius 3 is 2.21 bits per heavy atom. The molecule has 0 aromatic heterocycles. The highest BCUT2D eigenvalue weighted by atomic mass is 32.2. The molecule has 0 spiro atoms. The Kier molecular flexibility index (Phi) is 4.68. The molecule has 1 aliphatic rings. The molecule has 4 rings (SSSR count). The zero-order chi connectivity index (χ0) is 20.6. The summed E-state index contributed by atoms with van der Waals surface area (Å²) < 4.78 is 28.0. The molecule has 0 fully saturated rings. The number of carbonyl (C=O) groups excluding carboxylic acids is 1.